The van der Waals surface area contributed by atoms with Gasteiger partial charge < -0.3 is 9.73 Å². The van der Waals surface area contributed by atoms with Gasteiger partial charge in [0.1, 0.15) is 11.9 Å². The van der Waals surface area contributed by atoms with Gasteiger partial charge in [-0.3, -0.25) is 13.9 Å². The molecule has 1 amide bonds. The third kappa shape index (κ3) is 2.77. The number of carbonyl (C=O) groups excluding carboxylic acids is 1. The van der Waals surface area contributed by atoms with E-state index in [2.05, 4.69) is 10.3 Å². The molecule has 2 aromatic heterocycles. The number of para-hydroxylation sites is 2. The highest BCUT2D eigenvalue weighted by Crippen LogP contribution is 2.16. The molecule has 2 heterocycles. The van der Waals surface area contributed by atoms with E-state index in [-0.39, 0.29) is 18.0 Å². The monoisotopic (exact) mass is 350 g/mol. The van der Waals surface area contributed by atoms with E-state index < -0.39 is 0 Å². The number of rotatable bonds is 4. The van der Waals surface area contributed by atoms with Gasteiger partial charge in [0, 0.05) is 20.6 Å². The number of nitrogens with one attached hydrogen (secondary N) is 1. The first-order valence-corrected chi connectivity index (χ1v) is 8.28. The van der Waals surface area contributed by atoms with Crippen LogP contribution in [0.1, 0.15) is 11.5 Å². The lowest BCUT2D eigenvalue weighted by Gasteiger charge is -2.05. The van der Waals surface area contributed by atoms with Crippen molar-refractivity contribution < 1.29 is 9.21 Å². The van der Waals surface area contributed by atoms with Crippen LogP contribution in [-0.4, -0.2) is 20.0 Å². The third-order valence-corrected chi connectivity index (χ3v) is 4.48. The van der Waals surface area contributed by atoms with Gasteiger partial charge in [-0.2, -0.15) is 0 Å². The van der Waals surface area contributed by atoms with Crippen LogP contribution in [0.15, 0.2) is 51.7 Å². The summed E-state index contributed by atoms with van der Waals surface area (Å²) in [5, 5.41) is 2.86. The molecule has 1 N–H and O–H groups in total. The highest BCUT2D eigenvalue weighted by atomic mass is 16.3. The summed E-state index contributed by atoms with van der Waals surface area (Å²) < 4.78 is 8.77. The molecule has 0 aliphatic carbocycles. The lowest BCUT2D eigenvalue weighted by atomic mass is 10.2. The van der Waals surface area contributed by atoms with Crippen molar-refractivity contribution in [1.82, 2.24) is 19.4 Å². The Labute approximate surface area is 148 Å². The fourth-order valence-electron chi connectivity index (χ4n) is 3.06. The summed E-state index contributed by atoms with van der Waals surface area (Å²) in [6.07, 6.45) is 0.0841. The molecule has 0 unspecified atom stereocenters. The Balaban J connectivity index is 1.46. The number of aromatic nitrogens is 3. The summed E-state index contributed by atoms with van der Waals surface area (Å²) in [6.45, 7) is 0.373. The Morgan fingerprint density at radius 1 is 1.12 bits per heavy atom. The van der Waals surface area contributed by atoms with Gasteiger partial charge in [0.15, 0.2) is 5.58 Å². The van der Waals surface area contributed by atoms with E-state index >= 15 is 0 Å². The Kier molecular flexibility index (Phi) is 3.84. The van der Waals surface area contributed by atoms with E-state index in [1.807, 2.05) is 42.5 Å². The van der Waals surface area contributed by atoms with Gasteiger partial charge >= 0.3 is 5.69 Å². The second-order valence-corrected chi connectivity index (χ2v) is 6.25. The Morgan fingerprint density at radius 2 is 1.88 bits per heavy atom. The fourth-order valence-corrected chi connectivity index (χ4v) is 3.06. The average Bonchev–Trinajstić information content (AvgIpc) is 3.14. The molecular formula is C19H18N4O3. The van der Waals surface area contributed by atoms with Crippen LogP contribution >= 0.6 is 0 Å². The maximum absolute atomic E-state index is 12.2. The van der Waals surface area contributed by atoms with Crippen LogP contribution in [0.4, 0.5) is 0 Å². The van der Waals surface area contributed by atoms with Crippen LogP contribution in [0.2, 0.25) is 0 Å². The van der Waals surface area contributed by atoms with Gasteiger partial charge in [-0.25, -0.2) is 9.78 Å². The topological polar surface area (TPSA) is 82.1 Å². The van der Waals surface area contributed by atoms with Crippen molar-refractivity contribution in [3.8, 4) is 0 Å². The zero-order chi connectivity index (χ0) is 18.3. The zero-order valence-corrected chi connectivity index (χ0v) is 14.5. The standard InChI is InChI=1S/C19H18N4O3/c1-22-14-8-7-12(9-15(14)23(2)19(22)25)11-20-17(24)10-18-21-13-5-3-4-6-16(13)26-18/h3-9H,10-11H2,1-2H3,(H,20,24). The fraction of sp³-hybridized carbons (Fsp3) is 0.211. The number of imidazole rings is 1. The molecule has 132 valence electrons. The molecule has 4 rings (SSSR count). The number of amides is 1. The Hall–Kier alpha value is -3.35. The molecule has 0 spiro atoms. The van der Waals surface area contributed by atoms with Crippen molar-refractivity contribution in [2.24, 2.45) is 14.1 Å². The molecule has 0 saturated heterocycles. The van der Waals surface area contributed by atoms with Crippen LogP contribution in [0, 0.1) is 0 Å². The number of carbonyl (C=O) groups is 1. The molecular weight excluding hydrogens is 332 g/mol. The van der Waals surface area contributed by atoms with E-state index in [9.17, 15) is 9.59 Å². The van der Waals surface area contributed by atoms with Gasteiger partial charge in [-0.1, -0.05) is 18.2 Å². The van der Waals surface area contributed by atoms with Crippen LogP contribution in [0.3, 0.4) is 0 Å². The van der Waals surface area contributed by atoms with Crippen LogP contribution < -0.4 is 11.0 Å². The lowest BCUT2D eigenvalue weighted by Crippen LogP contribution is -2.24. The Bertz CT molecular complexity index is 1150. The van der Waals surface area contributed by atoms with Crippen molar-refractivity contribution in [3.05, 3.63) is 64.4 Å². The molecule has 0 fully saturated rings. The van der Waals surface area contributed by atoms with Crippen LogP contribution in [-0.2, 0) is 31.9 Å². The summed E-state index contributed by atoms with van der Waals surface area (Å²) in [4.78, 5) is 28.5. The molecule has 4 aromatic rings. The van der Waals surface area contributed by atoms with Crippen LogP contribution in [0.5, 0.6) is 0 Å². The van der Waals surface area contributed by atoms with Gasteiger partial charge in [-0.15, -0.1) is 0 Å². The first-order chi connectivity index (χ1) is 12.5. The maximum Gasteiger partial charge on any atom is 0.328 e. The minimum atomic E-state index is -0.168. The van der Waals surface area contributed by atoms with Crippen LogP contribution in [0.25, 0.3) is 22.1 Å². The Morgan fingerprint density at radius 3 is 2.69 bits per heavy atom. The lowest BCUT2D eigenvalue weighted by molar-refractivity contribution is -0.120. The van der Waals surface area contributed by atoms with E-state index in [0.717, 1.165) is 22.1 Å². The van der Waals surface area contributed by atoms with E-state index in [4.69, 9.17) is 4.42 Å². The molecule has 0 bridgehead atoms. The average molecular weight is 350 g/mol. The molecule has 0 atom stereocenters. The molecule has 0 radical (unpaired) electrons. The van der Waals surface area contributed by atoms with E-state index in [0.29, 0.717) is 18.0 Å². The highest BCUT2D eigenvalue weighted by Gasteiger charge is 2.11. The van der Waals surface area contributed by atoms with Crippen molar-refractivity contribution in [2.75, 3.05) is 0 Å². The summed E-state index contributed by atoms with van der Waals surface area (Å²) in [5.74, 6) is 0.225. The van der Waals surface area contributed by atoms with E-state index in [1.54, 1.807) is 23.2 Å². The summed E-state index contributed by atoms with van der Waals surface area (Å²) in [7, 11) is 3.48. The van der Waals surface area contributed by atoms with Crippen molar-refractivity contribution >= 4 is 28.0 Å². The zero-order valence-electron chi connectivity index (χ0n) is 14.5. The first kappa shape index (κ1) is 16.1. The molecule has 26 heavy (non-hydrogen) atoms. The minimum Gasteiger partial charge on any atom is -0.440 e. The van der Waals surface area contributed by atoms with Gasteiger partial charge in [-0.05, 0) is 29.8 Å². The van der Waals surface area contributed by atoms with Crippen molar-refractivity contribution in [1.29, 1.82) is 0 Å². The number of oxazole rings is 1. The first-order valence-electron chi connectivity index (χ1n) is 8.28. The smallest absolute Gasteiger partial charge is 0.328 e. The maximum atomic E-state index is 12.2. The van der Waals surface area contributed by atoms with Crippen molar-refractivity contribution in [3.63, 3.8) is 0 Å². The molecule has 7 heteroatoms. The molecule has 0 saturated carbocycles. The number of nitrogens with zero attached hydrogens (tertiary/aromatic N) is 3. The predicted octanol–water partition coefficient (Wildman–Crippen LogP) is 1.88. The summed E-state index contributed by atoms with van der Waals surface area (Å²) in [5.41, 5.74) is 3.96. The molecule has 0 aliphatic heterocycles. The normalized spacial score (nSPS) is 11.3. The van der Waals surface area contributed by atoms with Gasteiger partial charge in [0.25, 0.3) is 0 Å². The second-order valence-electron chi connectivity index (χ2n) is 6.25. The van der Waals surface area contributed by atoms with Gasteiger partial charge in [0.05, 0.1) is 11.0 Å². The number of hydrogen-bond acceptors (Lipinski definition) is 4. The summed E-state index contributed by atoms with van der Waals surface area (Å²) >= 11 is 0. The summed E-state index contributed by atoms with van der Waals surface area (Å²) in [6, 6.07) is 13.1. The molecule has 7 nitrogen and oxygen atoms in total. The third-order valence-electron chi connectivity index (χ3n) is 4.48. The second kappa shape index (κ2) is 6.18. The number of benzene rings is 2. The van der Waals surface area contributed by atoms with Crippen molar-refractivity contribution in [2.45, 2.75) is 13.0 Å². The predicted molar refractivity (Wildman–Crippen MR) is 97.7 cm³/mol. The number of hydrogen-bond donors (Lipinski definition) is 1. The molecule has 0 aliphatic rings. The number of fused-ring (bicyclic) bond motifs is 2. The SMILES string of the molecule is Cn1c(=O)n(C)c2cc(CNC(=O)Cc3nc4ccccc4o3)ccc21. The van der Waals surface area contributed by atoms with Gasteiger partial charge in [0.2, 0.25) is 11.8 Å². The highest BCUT2D eigenvalue weighted by molar-refractivity contribution is 5.80. The van der Waals surface area contributed by atoms with E-state index in [1.165, 1.54) is 0 Å². The minimum absolute atomic E-state index is 0.0721. The quantitative estimate of drug-likeness (QED) is 0.609. The largest absolute Gasteiger partial charge is 0.440 e. The molecule has 2 aromatic carbocycles. The number of aryl methyl sites for hydroxylation is 2.